The number of hydrazone groups is 1. The first kappa shape index (κ1) is 12.2. The summed E-state index contributed by atoms with van der Waals surface area (Å²) in [6.45, 7) is 0. The zero-order valence-corrected chi connectivity index (χ0v) is 6.63. The van der Waals surface area contributed by atoms with Crippen LogP contribution in [-0.4, -0.2) is 29.0 Å². The molecule has 0 aliphatic heterocycles. The summed E-state index contributed by atoms with van der Waals surface area (Å²) in [4.78, 5) is 20.0. The Morgan fingerprint density at radius 3 is 2.21 bits per heavy atom. The van der Waals surface area contributed by atoms with Crippen LogP contribution < -0.4 is 11.2 Å². The van der Waals surface area contributed by atoms with Gasteiger partial charge in [0.25, 0.3) is 0 Å². The zero-order valence-electron chi connectivity index (χ0n) is 6.63. The molecular formula is C5H6F3N3O3. The number of rotatable bonds is 3. The van der Waals surface area contributed by atoms with Crippen LogP contribution in [0.25, 0.3) is 0 Å². The quantitative estimate of drug-likeness (QED) is 0.455. The first-order valence-electron chi connectivity index (χ1n) is 3.14. The molecule has 2 amide bonds. The SMILES string of the molecule is NC(=O)NN=C(CC(=O)O)C(F)(F)F. The number of carbonyl (C=O) groups is 2. The zero-order chi connectivity index (χ0) is 11.4. The van der Waals surface area contributed by atoms with E-state index in [0.717, 1.165) is 0 Å². The minimum Gasteiger partial charge on any atom is -0.481 e. The topological polar surface area (TPSA) is 105 Å². The Kier molecular flexibility index (Phi) is 3.87. The summed E-state index contributed by atoms with van der Waals surface area (Å²) in [6.07, 6.45) is -6.26. The predicted molar refractivity (Wildman–Crippen MR) is 38.5 cm³/mol. The van der Waals surface area contributed by atoms with Crippen LogP contribution >= 0.6 is 0 Å². The number of primary amides is 1. The molecule has 80 valence electrons. The maximum absolute atomic E-state index is 11.9. The molecule has 4 N–H and O–H groups in total. The number of carbonyl (C=O) groups excluding carboxylic acids is 1. The summed E-state index contributed by atoms with van der Waals surface area (Å²) >= 11 is 0. The minimum atomic E-state index is -4.92. The number of nitrogens with one attached hydrogen (secondary N) is 1. The van der Waals surface area contributed by atoms with E-state index in [9.17, 15) is 22.8 Å². The summed E-state index contributed by atoms with van der Waals surface area (Å²) in [5.74, 6) is -1.72. The van der Waals surface area contributed by atoms with Gasteiger partial charge in [0.15, 0.2) is 5.71 Å². The Bertz CT molecular complexity index is 273. The summed E-state index contributed by atoms with van der Waals surface area (Å²) in [5, 5.41) is 10.6. The van der Waals surface area contributed by atoms with E-state index in [1.165, 1.54) is 5.43 Å². The molecule has 0 bridgehead atoms. The first-order valence-corrected chi connectivity index (χ1v) is 3.14. The van der Waals surface area contributed by atoms with Gasteiger partial charge < -0.3 is 10.8 Å². The van der Waals surface area contributed by atoms with Gasteiger partial charge in [0, 0.05) is 0 Å². The third kappa shape index (κ3) is 4.95. The lowest BCUT2D eigenvalue weighted by molar-refractivity contribution is -0.136. The second kappa shape index (κ2) is 4.44. The molecule has 0 aliphatic rings. The number of nitrogens with two attached hydrogens (primary N) is 1. The molecule has 0 saturated carbocycles. The third-order valence-corrected chi connectivity index (χ3v) is 0.947. The Morgan fingerprint density at radius 2 is 1.93 bits per heavy atom. The van der Waals surface area contributed by atoms with Gasteiger partial charge in [-0.15, -0.1) is 0 Å². The van der Waals surface area contributed by atoms with Crippen molar-refractivity contribution in [2.75, 3.05) is 0 Å². The average Bonchev–Trinajstić information content (AvgIpc) is 1.94. The van der Waals surface area contributed by atoms with Gasteiger partial charge in [-0.05, 0) is 0 Å². The van der Waals surface area contributed by atoms with E-state index in [1.807, 2.05) is 0 Å². The second-order valence-corrected chi connectivity index (χ2v) is 2.10. The fourth-order valence-electron chi connectivity index (χ4n) is 0.469. The Balaban J connectivity index is 4.63. The van der Waals surface area contributed by atoms with Gasteiger partial charge in [0.2, 0.25) is 0 Å². The van der Waals surface area contributed by atoms with Crippen molar-refractivity contribution in [2.24, 2.45) is 10.8 Å². The van der Waals surface area contributed by atoms with Gasteiger partial charge >= 0.3 is 18.2 Å². The molecule has 9 heteroatoms. The van der Waals surface area contributed by atoms with Crippen LogP contribution in [0.5, 0.6) is 0 Å². The molecule has 0 spiro atoms. The first-order chi connectivity index (χ1) is 6.23. The molecule has 6 nitrogen and oxygen atoms in total. The Labute approximate surface area is 75.6 Å². The number of hydrogen-bond acceptors (Lipinski definition) is 3. The molecule has 0 rings (SSSR count). The van der Waals surface area contributed by atoms with Crippen molar-refractivity contribution in [2.45, 2.75) is 12.6 Å². The second-order valence-electron chi connectivity index (χ2n) is 2.10. The van der Waals surface area contributed by atoms with Gasteiger partial charge in [-0.1, -0.05) is 0 Å². The fourth-order valence-corrected chi connectivity index (χ4v) is 0.469. The van der Waals surface area contributed by atoms with E-state index in [4.69, 9.17) is 5.11 Å². The van der Waals surface area contributed by atoms with E-state index in [-0.39, 0.29) is 0 Å². The molecule has 0 aromatic rings. The standard InChI is InChI=1S/C5H6F3N3O3/c6-5(7,8)2(1-3(12)13)10-11-4(9)14/h1H2,(H,12,13)(H3,9,11,14). The molecule has 0 aliphatic carbocycles. The highest BCUT2D eigenvalue weighted by Crippen LogP contribution is 2.19. The number of nitrogens with zero attached hydrogens (tertiary/aromatic N) is 1. The molecular weight excluding hydrogens is 207 g/mol. The Morgan fingerprint density at radius 1 is 1.43 bits per heavy atom. The molecule has 0 saturated heterocycles. The average molecular weight is 213 g/mol. The van der Waals surface area contributed by atoms with Crippen molar-refractivity contribution in [3.05, 3.63) is 0 Å². The largest absolute Gasteiger partial charge is 0.481 e. The van der Waals surface area contributed by atoms with Crippen LogP contribution in [0, 0.1) is 0 Å². The van der Waals surface area contributed by atoms with Crippen LogP contribution in [0.4, 0.5) is 18.0 Å². The minimum absolute atomic E-state index is 1.30. The Hall–Kier alpha value is -1.80. The summed E-state index contributed by atoms with van der Waals surface area (Å²) in [6, 6.07) is -1.31. The van der Waals surface area contributed by atoms with Crippen LogP contribution in [-0.2, 0) is 4.79 Å². The van der Waals surface area contributed by atoms with Gasteiger partial charge in [0.05, 0.1) is 6.42 Å². The molecule has 0 heterocycles. The van der Waals surface area contributed by atoms with E-state index in [0.29, 0.717) is 0 Å². The maximum Gasteiger partial charge on any atom is 0.431 e. The van der Waals surface area contributed by atoms with Crippen LogP contribution in [0.1, 0.15) is 6.42 Å². The lowest BCUT2D eigenvalue weighted by Crippen LogP contribution is -2.32. The lowest BCUT2D eigenvalue weighted by Gasteiger charge is -2.07. The van der Waals surface area contributed by atoms with E-state index < -0.39 is 30.3 Å². The van der Waals surface area contributed by atoms with Crippen LogP contribution in [0.15, 0.2) is 5.10 Å². The lowest BCUT2D eigenvalue weighted by atomic mass is 10.2. The summed E-state index contributed by atoms with van der Waals surface area (Å²) in [5.41, 5.74) is 4.11. The number of halogens is 3. The van der Waals surface area contributed by atoms with Crippen molar-refractivity contribution in [3.63, 3.8) is 0 Å². The smallest absolute Gasteiger partial charge is 0.431 e. The van der Waals surface area contributed by atoms with Crippen LogP contribution in [0.3, 0.4) is 0 Å². The van der Waals surface area contributed by atoms with E-state index in [2.05, 4.69) is 10.8 Å². The number of carboxylic acid groups (broad SMARTS) is 1. The van der Waals surface area contributed by atoms with Crippen molar-refractivity contribution >= 4 is 17.7 Å². The van der Waals surface area contributed by atoms with Crippen molar-refractivity contribution < 1.29 is 27.9 Å². The van der Waals surface area contributed by atoms with Crippen molar-refractivity contribution in [3.8, 4) is 0 Å². The molecule has 14 heavy (non-hydrogen) atoms. The van der Waals surface area contributed by atoms with Gasteiger partial charge in [-0.2, -0.15) is 18.3 Å². The van der Waals surface area contributed by atoms with Gasteiger partial charge in [-0.25, -0.2) is 10.2 Å². The molecule has 0 radical (unpaired) electrons. The third-order valence-electron chi connectivity index (χ3n) is 0.947. The summed E-state index contributed by atoms with van der Waals surface area (Å²) < 4.78 is 35.8. The number of aliphatic carboxylic acids is 1. The van der Waals surface area contributed by atoms with Crippen molar-refractivity contribution in [1.82, 2.24) is 5.43 Å². The normalized spacial score (nSPS) is 12.4. The van der Waals surface area contributed by atoms with Crippen LogP contribution in [0.2, 0.25) is 0 Å². The molecule has 0 aromatic carbocycles. The van der Waals surface area contributed by atoms with Gasteiger partial charge in [-0.3, -0.25) is 4.79 Å². The number of alkyl halides is 3. The van der Waals surface area contributed by atoms with Crippen molar-refractivity contribution in [1.29, 1.82) is 0 Å². The molecule has 0 unspecified atom stereocenters. The maximum atomic E-state index is 11.9. The summed E-state index contributed by atoms with van der Waals surface area (Å²) in [7, 11) is 0. The molecule has 0 atom stereocenters. The van der Waals surface area contributed by atoms with E-state index >= 15 is 0 Å². The highest BCUT2D eigenvalue weighted by atomic mass is 19.4. The number of amides is 2. The monoisotopic (exact) mass is 213 g/mol. The highest BCUT2D eigenvalue weighted by Gasteiger charge is 2.37. The number of urea groups is 1. The highest BCUT2D eigenvalue weighted by molar-refractivity contribution is 6.01. The predicted octanol–water partition coefficient (Wildman–Crippen LogP) is 0.0477. The molecule has 0 aromatic heterocycles. The fraction of sp³-hybridized carbons (Fsp3) is 0.400. The van der Waals surface area contributed by atoms with E-state index in [1.54, 1.807) is 0 Å². The van der Waals surface area contributed by atoms with Gasteiger partial charge in [0.1, 0.15) is 0 Å². The number of hydrogen-bond donors (Lipinski definition) is 3. The number of carboxylic acids is 1. The molecule has 0 fully saturated rings.